The lowest BCUT2D eigenvalue weighted by Gasteiger charge is -2.26. The maximum absolute atomic E-state index is 13.1. The van der Waals surface area contributed by atoms with Crippen molar-refractivity contribution >= 4 is 27.5 Å². The van der Waals surface area contributed by atoms with Gasteiger partial charge in [-0.3, -0.25) is 4.79 Å². The fourth-order valence-electron chi connectivity index (χ4n) is 2.73. The number of carbonyl (C=O) groups excluding carboxylic acids is 1. The van der Waals surface area contributed by atoms with Gasteiger partial charge in [0, 0.05) is 30.9 Å². The lowest BCUT2D eigenvalue weighted by Crippen LogP contribution is -2.48. The molecule has 0 unspecified atom stereocenters. The lowest BCUT2D eigenvalue weighted by atomic mass is 10.0. The number of carbonyl (C=O) groups is 1. The van der Waals surface area contributed by atoms with Gasteiger partial charge in [-0.05, 0) is 37.3 Å². The van der Waals surface area contributed by atoms with Crippen molar-refractivity contribution in [3.63, 3.8) is 0 Å². The summed E-state index contributed by atoms with van der Waals surface area (Å²) in [4.78, 5) is 13.9. The van der Waals surface area contributed by atoms with E-state index in [2.05, 4.69) is 15.7 Å². The smallest absolute Gasteiger partial charge is 0.261 e. The third kappa shape index (κ3) is 2.70. The highest BCUT2D eigenvalue weighted by atomic mass is 32.1. The molecule has 0 saturated carbocycles. The molecular formula is C17H17FN4OS. The van der Waals surface area contributed by atoms with E-state index in [1.54, 1.807) is 16.8 Å². The van der Waals surface area contributed by atoms with Gasteiger partial charge in [0.25, 0.3) is 5.91 Å². The van der Waals surface area contributed by atoms with Gasteiger partial charge in [0.05, 0.1) is 16.3 Å². The zero-order chi connectivity index (χ0) is 16.7. The van der Waals surface area contributed by atoms with E-state index in [9.17, 15) is 9.18 Å². The molecule has 1 saturated heterocycles. The topological polar surface area (TPSA) is 59.0 Å². The van der Waals surface area contributed by atoms with Gasteiger partial charge in [-0.25, -0.2) is 9.07 Å². The Hall–Kier alpha value is -2.25. The van der Waals surface area contributed by atoms with E-state index in [0.717, 1.165) is 34.7 Å². The Morgan fingerprint density at radius 3 is 2.83 bits per heavy atom. The van der Waals surface area contributed by atoms with Gasteiger partial charge >= 0.3 is 0 Å². The van der Waals surface area contributed by atoms with Crippen molar-refractivity contribution in [1.82, 2.24) is 20.4 Å². The molecule has 0 radical (unpaired) electrons. The summed E-state index contributed by atoms with van der Waals surface area (Å²) >= 11 is 1.41. The molecule has 3 aromatic rings. The molecule has 1 aliphatic heterocycles. The second-order valence-electron chi connectivity index (χ2n) is 6.04. The number of halogens is 1. The van der Waals surface area contributed by atoms with Crippen molar-refractivity contribution in [1.29, 1.82) is 0 Å². The summed E-state index contributed by atoms with van der Waals surface area (Å²) in [5, 5.41) is 11.7. The summed E-state index contributed by atoms with van der Waals surface area (Å²) in [6, 6.07) is 8.07. The maximum Gasteiger partial charge on any atom is 0.261 e. The van der Waals surface area contributed by atoms with Crippen LogP contribution < -0.4 is 10.6 Å². The van der Waals surface area contributed by atoms with Crippen LogP contribution in [0, 0.1) is 18.7 Å². The Labute approximate surface area is 142 Å². The quantitative estimate of drug-likeness (QED) is 0.764. The van der Waals surface area contributed by atoms with E-state index in [1.807, 2.05) is 13.0 Å². The summed E-state index contributed by atoms with van der Waals surface area (Å²) in [5.74, 6) is 0.198. The molecule has 1 aromatic carbocycles. The molecule has 124 valence electrons. The first-order chi connectivity index (χ1) is 11.6. The monoisotopic (exact) mass is 344 g/mol. The number of amides is 1. The van der Waals surface area contributed by atoms with Crippen molar-refractivity contribution in [2.24, 2.45) is 5.92 Å². The minimum atomic E-state index is -0.282. The third-order valence-electron chi connectivity index (χ3n) is 4.26. The van der Waals surface area contributed by atoms with Crippen molar-refractivity contribution in [2.45, 2.75) is 6.92 Å². The highest BCUT2D eigenvalue weighted by Gasteiger charge is 2.20. The molecule has 1 fully saturated rings. The molecule has 0 spiro atoms. The van der Waals surface area contributed by atoms with Gasteiger partial charge in [0.1, 0.15) is 10.6 Å². The zero-order valence-corrected chi connectivity index (χ0v) is 14.0. The van der Waals surface area contributed by atoms with Crippen molar-refractivity contribution in [3.05, 3.63) is 46.7 Å². The van der Waals surface area contributed by atoms with Gasteiger partial charge < -0.3 is 10.6 Å². The fraction of sp³-hybridized carbons (Fsp3) is 0.294. The Morgan fingerprint density at radius 1 is 1.42 bits per heavy atom. The second kappa shape index (κ2) is 5.99. The first-order valence-electron chi connectivity index (χ1n) is 7.86. The van der Waals surface area contributed by atoms with Crippen molar-refractivity contribution < 1.29 is 9.18 Å². The number of thiophene rings is 1. The van der Waals surface area contributed by atoms with Crippen LogP contribution in [0.2, 0.25) is 0 Å². The SMILES string of the molecule is Cc1nn(-c2ccc(F)cc2)c2sc(C(=O)NCC3CNC3)cc12. The number of aromatic nitrogens is 2. The van der Waals surface area contributed by atoms with Crippen LogP contribution in [-0.4, -0.2) is 35.3 Å². The molecule has 7 heteroatoms. The predicted octanol–water partition coefficient (Wildman–Crippen LogP) is 2.48. The summed E-state index contributed by atoms with van der Waals surface area (Å²) in [6.07, 6.45) is 0. The van der Waals surface area contributed by atoms with Crippen LogP contribution in [0.4, 0.5) is 4.39 Å². The summed E-state index contributed by atoms with van der Waals surface area (Å²) in [7, 11) is 0. The molecule has 1 amide bonds. The molecule has 1 aliphatic rings. The number of rotatable bonds is 4. The van der Waals surface area contributed by atoms with E-state index < -0.39 is 0 Å². The second-order valence-corrected chi connectivity index (χ2v) is 7.07. The van der Waals surface area contributed by atoms with Gasteiger partial charge in [-0.1, -0.05) is 0 Å². The van der Waals surface area contributed by atoms with Crippen LogP contribution in [-0.2, 0) is 0 Å². The molecule has 2 aromatic heterocycles. The first kappa shape index (κ1) is 15.3. The number of fused-ring (bicyclic) bond motifs is 1. The van der Waals surface area contributed by atoms with E-state index in [1.165, 1.54) is 23.5 Å². The molecule has 2 N–H and O–H groups in total. The average molecular weight is 344 g/mol. The zero-order valence-electron chi connectivity index (χ0n) is 13.2. The standard InChI is InChI=1S/C17H17FN4OS/c1-10-14-6-15(16(23)20-9-11-7-19-8-11)24-17(14)22(21-10)13-4-2-12(18)3-5-13/h2-6,11,19H,7-9H2,1H3,(H,20,23). The van der Waals surface area contributed by atoms with E-state index in [4.69, 9.17) is 0 Å². The lowest BCUT2D eigenvalue weighted by molar-refractivity contribution is 0.0946. The number of hydrogen-bond acceptors (Lipinski definition) is 4. The minimum Gasteiger partial charge on any atom is -0.351 e. The first-order valence-corrected chi connectivity index (χ1v) is 8.67. The Bertz CT molecular complexity index is 895. The molecule has 3 heterocycles. The average Bonchev–Trinajstić information content (AvgIpc) is 3.08. The fourth-order valence-corrected chi connectivity index (χ4v) is 3.83. The van der Waals surface area contributed by atoms with Crippen LogP contribution in [0.5, 0.6) is 0 Å². The molecular weight excluding hydrogens is 327 g/mol. The molecule has 4 rings (SSSR count). The van der Waals surface area contributed by atoms with Gasteiger partial charge in [-0.15, -0.1) is 11.3 Å². The summed E-state index contributed by atoms with van der Waals surface area (Å²) in [6.45, 7) is 4.54. The van der Waals surface area contributed by atoms with E-state index >= 15 is 0 Å². The molecule has 0 atom stereocenters. The molecule has 5 nitrogen and oxygen atoms in total. The largest absolute Gasteiger partial charge is 0.351 e. The number of hydrogen-bond donors (Lipinski definition) is 2. The number of benzene rings is 1. The summed E-state index contributed by atoms with van der Waals surface area (Å²) in [5.41, 5.74) is 1.64. The Balaban J connectivity index is 1.63. The van der Waals surface area contributed by atoms with Crippen LogP contribution >= 0.6 is 11.3 Å². The van der Waals surface area contributed by atoms with Crippen LogP contribution in [0.15, 0.2) is 30.3 Å². The van der Waals surface area contributed by atoms with Crippen LogP contribution in [0.1, 0.15) is 15.4 Å². The third-order valence-corrected chi connectivity index (χ3v) is 5.37. The molecule has 24 heavy (non-hydrogen) atoms. The summed E-state index contributed by atoms with van der Waals surface area (Å²) < 4.78 is 14.9. The number of aryl methyl sites for hydroxylation is 1. The van der Waals surface area contributed by atoms with Crippen molar-refractivity contribution in [2.75, 3.05) is 19.6 Å². The Morgan fingerprint density at radius 2 is 2.17 bits per heavy atom. The molecule has 0 bridgehead atoms. The minimum absolute atomic E-state index is 0.0480. The van der Waals surface area contributed by atoms with Gasteiger partial charge in [0.15, 0.2) is 0 Å². The van der Waals surface area contributed by atoms with Crippen molar-refractivity contribution in [3.8, 4) is 5.69 Å². The highest BCUT2D eigenvalue weighted by molar-refractivity contribution is 7.20. The number of nitrogens with one attached hydrogen (secondary N) is 2. The van der Waals surface area contributed by atoms with E-state index in [0.29, 0.717) is 17.3 Å². The maximum atomic E-state index is 13.1. The highest BCUT2D eigenvalue weighted by Crippen LogP contribution is 2.30. The van der Waals surface area contributed by atoms with Crippen LogP contribution in [0.3, 0.4) is 0 Å². The normalized spacial score (nSPS) is 14.8. The molecule has 0 aliphatic carbocycles. The van der Waals surface area contributed by atoms with Gasteiger partial charge in [0.2, 0.25) is 0 Å². The number of nitrogens with zero attached hydrogens (tertiary/aromatic N) is 2. The van der Waals surface area contributed by atoms with E-state index in [-0.39, 0.29) is 11.7 Å². The Kier molecular flexibility index (Phi) is 3.82. The van der Waals surface area contributed by atoms with Crippen LogP contribution in [0.25, 0.3) is 15.9 Å². The van der Waals surface area contributed by atoms with Gasteiger partial charge in [-0.2, -0.15) is 5.10 Å². The predicted molar refractivity (Wildman–Crippen MR) is 92.3 cm³/mol.